The van der Waals surface area contributed by atoms with Gasteiger partial charge in [0.25, 0.3) is 0 Å². The summed E-state index contributed by atoms with van der Waals surface area (Å²) in [5, 5.41) is 13.1. The van der Waals surface area contributed by atoms with E-state index in [4.69, 9.17) is 4.74 Å². The van der Waals surface area contributed by atoms with E-state index in [2.05, 4.69) is 30.3 Å². The van der Waals surface area contributed by atoms with Crippen molar-refractivity contribution in [3.63, 3.8) is 0 Å². The van der Waals surface area contributed by atoms with Crippen LogP contribution in [0, 0.1) is 0 Å². The third kappa shape index (κ3) is 3.65. The van der Waals surface area contributed by atoms with Crippen LogP contribution in [0.5, 0.6) is 11.5 Å². The minimum Gasteiger partial charge on any atom is -0.507 e. The molecule has 0 amide bonds. The third-order valence-electron chi connectivity index (χ3n) is 4.89. The van der Waals surface area contributed by atoms with Crippen LogP contribution in [0.15, 0.2) is 41.2 Å². The highest BCUT2D eigenvalue weighted by atomic mass is 16.5. The standard InChI is InChI=1S/C20H26N2O3/c1-14(2)22-13-21-10-18(22)16-7-4-3-6-15(16)12-25-20-9-5-8-19(24)17(20)11-23/h5,8-11,14,21,24H,3-4,6-7,12-13H2,1-2H3. The maximum Gasteiger partial charge on any atom is 0.157 e. The van der Waals surface area contributed by atoms with E-state index >= 15 is 0 Å². The van der Waals surface area contributed by atoms with Crippen LogP contribution in [0.3, 0.4) is 0 Å². The molecule has 0 bridgehead atoms. The minimum absolute atomic E-state index is 0.0426. The smallest absolute Gasteiger partial charge is 0.157 e. The molecule has 0 unspecified atom stereocenters. The van der Waals surface area contributed by atoms with E-state index in [1.807, 2.05) is 0 Å². The molecule has 1 aliphatic heterocycles. The molecule has 2 aliphatic rings. The maximum atomic E-state index is 11.2. The van der Waals surface area contributed by atoms with E-state index in [1.54, 1.807) is 12.1 Å². The Hall–Kier alpha value is -2.43. The topological polar surface area (TPSA) is 61.8 Å². The fourth-order valence-corrected chi connectivity index (χ4v) is 3.51. The Labute approximate surface area is 149 Å². The van der Waals surface area contributed by atoms with Crippen LogP contribution in [-0.4, -0.2) is 35.6 Å². The number of aromatic hydroxyl groups is 1. The molecule has 5 nitrogen and oxygen atoms in total. The number of carbonyl (C=O) groups excluding carboxylic acids is 1. The second-order valence-electron chi connectivity index (χ2n) is 6.84. The molecule has 1 aliphatic carbocycles. The molecule has 0 spiro atoms. The molecular formula is C20H26N2O3. The lowest BCUT2D eigenvalue weighted by Crippen LogP contribution is -2.31. The quantitative estimate of drug-likeness (QED) is 0.774. The minimum atomic E-state index is -0.0426. The van der Waals surface area contributed by atoms with Crippen LogP contribution in [0.1, 0.15) is 49.9 Å². The van der Waals surface area contributed by atoms with Crippen molar-refractivity contribution in [2.45, 2.75) is 45.6 Å². The highest BCUT2D eigenvalue weighted by Gasteiger charge is 2.25. The van der Waals surface area contributed by atoms with E-state index in [0.29, 0.717) is 24.7 Å². The van der Waals surface area contributed by atoms with Crippen molar-refractivity contribution in [1.82, 2.24) is 10.2 Å². The first-order chi connectivity index (χ1) is 12.1. The molecule has 134 valence electrons. The van der Waals surface area contributed by atoms with Crippen molar-refractivity contribution >= 4 is 6.29 Å². The van der Waals surface area contributed by atoms with E-state index in [-0.39, 0.29) is 11.3 Å². The van der Waals surface area contributed by atoms with E-state index in [9.17, 15) is 9.90 Å². The first-order valence-electron chi connectivity index (χ1n) is 8.93. The van der Waals surface area contributed by atoms with Crippen molar-refractivity contribution in [3.8, 4) is 11.5 Å². The molecule has 1 aromatic rings. The summed E-state index contributed by atoms with van der Waals surface area (Å²) in [6, 6.07) is 5.35. The summed E-state index contributed by atoms with van der Waals surface area (Å²) in [5.41, 5.74) is 4.12. The maximum absolute atomic E-state index is 11.2. The third-order valence-corrected chi connectivity index (χ3v) is 4.89. The summed E-state index contributed by atoms with van der Waals surface area (Å²) in [4.78, 5) is 13.6. The summed E-state index contributed by atoms with van der Waals surface area (Å²) < 4.78 is 5.92. The Morgan fingerprint density at radius 1 is 1.32 bits per heavy atom. The van der Waals surface area contributed by atoms with Gasteiger partial charge < -0.3 is 20.1 Å². The summed E-state index contributed by atoms with van der Waals surface area (Å²) >= 11 is 0. The number of benzene rings is 1. The van der Waals surface area contributed by atoms with Gasteiger partial charge in [0.1, 0.15) is 18.1 Å². The Bertz CT molecular complexity index is 707. The van der Waals surface area contributed by atoms with E-state index in [1.165, 1.54) is 29.3 Å². The molecule has 25 heavy (non-hydrogen) atoms. The lowest BCUT2D eigenvalue weighted by atomic mass is 9.89. The molecule has 3 rings (SSSR count). The molecular weight excluding hydrogens is 316 g/mol. The van der Waals surface area contributed by atoms with Crippen LogP contribution in [-0.2, 0) is 0 Å². The zero-order valence-corrected chi connectivity index (χ0v) is 14.9. The fraction of sp³-hybridized carbons (Fsp3) is 0.450. The Balaban J connectivity index is 1.83. The van der Waals surface area contributed by atoms with Gasteiger partial charge >= 0.3 is 0 Å². The number of carbonyl (C=O) groups is 1. The van der Waals surface area contributed by atoms with Gasteiger partial charge in [-0.25, -0.2) is 0 Å². The Kier molecular flexibility index (Phi) is 5.31. The number of hydrogen-bond donors (Lipinski definition) is 2. The van der Waals surface area contributed by atoms with Crippen molar-refractivity contribution in [2.75, 3.05) is 13.3 Å². The summed E-state index contributed by atoms with van der Waals surface area (Å²) in [7, 11) is 0. The van der Waals surface area contributed by atoms with Crippen LogP contribution in [0.4, 0.5) is 0 Å². The Morgan fingerprint density at radius 2 is 2.12 bits per heavy atom. The number of ether oxygens (including phenoxy) is 1. The normalized spacial score (nSPS) is 17.6. The average Bonchev–Trinajstić information content (AvgIpc) is 3.10. The molecule has 0 fully saturated rings. The van der Waals surface area contributed by atoms with Gasteiger partial charge in [0, 0.05) is 12.2 Å². The molecule has 0 atom stereocenters. The summed E-state index contributed by atoms with van der Waals surface area (Å²) in [5.74, 6) is 0.394. The molecule has 0 saturated heterocycles. The van der Waals surface area contributed by atoms with Crippen LogP contribution >= 0.6 is 0 Å². The SMILES string of the molecule is CC(C)N1CNC=C1C1=C(COc2cccc(O)c2C=O)CCCC1. The number of aldehydes is 1. The average molecular weight is 342 g/mol. The van der Waals surface area contributed by atoms with Gasteiger partial charge in [-0.15, -0.1) is 0 Å². The summed E-state index contributed by atoms with van der Waals surface area (Å²) in [6.45, 7) is 5.68. The number of nitrogens with zero attached hydrogens (tertiary/aromatic N) is 1. The van der Waals surface area contributed by atoms with Gasteiger partial charge in [0.15, 0.2) is 6.29 Å². The highest BCUT2D eigenvalue weighted by Crippen LogP contribution is 2.34. The molecule has 5 heteroatoms. The molecule has 0 aromatic heterocycles. The monoisotopic (exact) mass is 342 g/mol. The molecule has 1 heterocycles. The highest BCUT2D eigenvalue weighted by molar-refractivity contribution is 5.83. The van der Waals surface area contributed by atoms with E-state index in [0.717, 1.165) is 25.9 Å². The zero-order valence-electron chi connectivity index (χ0n) is 14.9. The number of nitrogens with one attached hydrogen (secondary N) is 1. The van der Waals surface area contributed by atoms with Crippen molar-refractivity contribution in [2.24, 2.45) is 0 Å². The lowest BCUT2D eigenvalue weighted by molar-refractivity contribution is 0.111. The zero-order chi connectivity index (χ0) is 17.8. The van der Waals surface area contributed by atoms with Crippen LogP contribution in [0.2, 0.25) is 0 Å². The molecule has 1 aromatic carbocycles. The number of phenols is 1. The molecule has 0 radical (unpaired) electrons. The summed E-state index contributed by atoms with van der Waals surface area (Å²) in [6.07, 6.45) is 7.15. The predicted octanol–water partition coefficient (Wildman–Crippen LogP) is 3.57. The first-order valence-corrected chi connectivity index (χ1v) is 8.93. The first kappa shape index (κ1) is 17.4. The van der Waals surface area contributed by atoms with E-state index < -0.39 is 0 Å². The number of phenolic OH excluding ortho intramolecular Hbond substituents is 1. The van der Waals surface area contributed by atoms with Gasteiger partial charge in [-0.1, -0.05) is 6.07 Å². The van der Waals surface area contributed by atoms with Crippen molar-refractivity contribution < 1.29 is 14.6 Å². The Morgan fingerprint density at radius 3 is 2.88 bits per heavy atom. The van der Waals surface area contributed by atoms with Gasteiger partial charge in [-0.3, -0.25) is 4.79 Å². The second kappa shape index (κ2) is 7.64. The van der Waals surface area contributed by atoms with Crippen LogP contribution < -0.4 is 10.1 Å². The largest absolute Gasteiger partial charge is 0.507 e. The second-order valence-corrected chi connectivity index (χ2v) is 6.84. The number of allylic oxidation sites excluding steroid dienone is 1. The van der Waals surface area contributed by atoms with Crippen LogP contribution in [0.25, 0.3) is 0 Å². The van der Waals surface area contributed by atoms with Crippen molar-refractivity contribution in [1.29, 1.82) is 0 Å². The molecule has 0 saturated carbocycles. The van der Waals surface area contributed by atoms with Gasteiger partial charge in [0.05, 0.1) is 17.9 Å². The predicted molar refractivity (Wildman–Crippen MR) is 97.5 cm³/mol. The fourth-order valence-electron chi connectivity index (χ4n) is 3.51. The number of rotatable bonds is 6. The van der Waals surface area contributed by atoms with Gasteiger partial charge in [-0.05, 0) is 62.8 Å². The molecule has 2 N–H and O–H groups in total. The van der Waals surface area contributed by atoms with Gasteiger partial charge in [0.2, 0.25) is 0 Å². The lowest BCUT2D eigenvalue weighted by Gasteiger charge is -2.30. The van der Waals surface area contributed by atoms with Crippen molar-refractivity contribution in [3.05, 3.63) is 46.8 Å². The number of hydrogen-bond acceptors (Lipinski definition) is 5. The van der Waals surface area contributed by atoms with Gasteiger partial charge in [-0.2, -0.15) is 0 Å².